The van der Waals surface area contributed by atoms with E-state index in [0.717, 1.165) is 17.9 Å². The van der Waals surface area contributed by atoms with Crippen LogP contribution in [0.3, 0.4) is 0 Å². The molecule has 0 spiro atoms. The molecule has 3 rings (SSSR count). The molecule has 0 aliphatic rings. The van der Waals surface area contributed by atoms with Crippen LogP contribution in [0.4, 0.5) is 17.3 Å². The summed E-state index contributed by atoms with van der Waals surface area (Å²) >= 11 is 6.24. The van der Waals surface area contributed by atoms with Gasteiger partial charge in [-0.1, -0.05) is 29.8 Å². The fourth-order valence-electron chi connectivity index (χ4n) is 2.57. The summed E-state index contributed by atoms with van der Waals surface area (Å²) in [6, 6.07) is 10.9. The minimum Gasteiger partial charge on any atom is -0.380 e. The number of hydrogen-bond donors (Lipinski definition) is 3. The van der Waals surface area contributed by atoms with Crippen molar-refractivity contribution in [2.75, 3.05) is 10.6 Å². The molecule has 3 aromatic rings. The SMILES string of the molecule is CCn1nccc1Nc1cc(NCc2ccccc2C(N)=O)c(Cl)cn1. The molecule has 0 saturated carbocycles. The van der Waals surface area contributed by atoms with Gasteiger partial charge in [-0.25, -0.2) is 9.67 Å². The van der Waals surface area contributed by atoms with Gasteiger partial charge in [0.05, 0.1) is 23.1 Å². The molecule has 134 valence electrons. The zero-order valence-electron chi connectivity index (χ0n) is 14.2. The minimum absolute atomic E-state index is 0.412. The van der Waals surface area contributed by atoms with Gasteiger partial charge in [-0.05, 0) is 18.6 Å². The largest absolute Gasteiger partial charge is 0.380 e. The van der Waals surface area contributed by atoms with Crippen LogP contribution in [-0.2, 0) is 13.1 Å². The van der Waals surface area contributed by atoms with E-state index in [1.54, 1.807) is 24.5 Å². The number of primary amides is 1. The molecule has 7 nitrogen and oxygen atoms in total. The van der Waals surface area contributed by atoms with E-state index >= 15 is 0 Å². The Morgan fingerprint density at radius 2 is 2.12 bits per heavy atom. The Kier molecular flexibility index (Phi) is 5.38. The van der Waals surface area contributed by atoms with Crippen molar-refractivity contribution < 1.29 is 4.79 Å². The first-order valence-electron chi connectivity index (χ1n) is 8.14. The van der Waals surface area contributed by atoms with Crippen LogP contribution in [0.2, 0.25) is 5.02 Å². The average molecular weight is 371 g/mol. The first-order valence-corrected chi connectivity index (χ1v) is 8.52. The van der Waals surface area contributed by atoms with Crippen molar-refractivity contribution in [1.29, 1.82) is 0 Å². The molecule has 0 bridgehead atoms. The number of carbonyl (C=O) groups is 1. The van der Waals surface area contributed by atoms with E-state index in [1.807, 2.05) is 35.9 Å². The normalized spacial score (nSPS) is 10.5. The summed E-state index contributed by atoms with van der Waals surface area (Å²) in [6.45, 7) is 3.17. The number of carbonyl (C=O) groups excluding carboxylic acids is 1. The van der Waals surface area contributed by atoms with Gasteiger partial charge >= 0.3 is 0 Å². The van der Waals surface area contributed by atoms with E-state index in [1.165, 1.54) is 0 Å². The van der Waals surface area contributed by atoms with Crippen molar-refractivity contribution in [3.05, 3.63) is 64.9 Å². The first kappa shape index (κ1) is 17.8. The number of anilines is 3. The van der Waals surface area contributed by atoms with Crippen LogP contribution in [0, 0.1) is 0 Å². The molecule has 26 heavy (non-hydrogen) atoms. The van der Waals surface area contributed by atoms with Crippen molar-refractivity contribution in [3.8, 4) is 0 Å². The zero-order valence-corrected chi connectivity index (χ0v) is 15.0. The standard InChI is InChI=1S/C18H19ClN6O/c1-2-25-17(7-8-23-25)24-16-9-15(14(19)11-22-16)21-10-12-5-3-4-6-13(12)18(20)26/h3-9,11H,2,10H2,1H3,(H2,20,26)(H2,21,22,24). The smallest absolute Gasteiger partial charge is 0.249 e. The number of amides is 1. The Labute approximate surface area is 156 Å². The lowest BCUT2D eigenvalue weighted by atomic mass is 10.1. The molecule has 1 amide bonds. The summed E-state index contributed by atoms with van der Waals surface area (Å²) < 4.78 is 1.83. The average Bonchev–Trinajstić information content (AvgIpc) is 3.09. The van der Waals surface area contributed by atoms with E-state index < -0.39 is 5.91 Å². The highest BCUT2D eigenvalue weighted by molar-refractivity contribution is 6.33. The lowest BCUT2D eigenvalue weighted by Gasteiger charge is -2.13. The van der Waals surface area contributed by atoms with E-state index in [0.29, 0.717) is 28.6 Å². The Hall–Kier alpha value is -3.06. The Morgan fingerprint density at radius 1 is 1.31 bits per heavy atom. The Morgan fingerprint density at radius 3 is 2.88 bits per heavy atom. The number of aryl methyl sites for hydroxylation is 1. The van der Waals surface area contributed by atoms with Crippen molar-refractivity contribution in [2.24, 2.45) is 5.73 Å². The third-order valence-electron chi connectivity index (χ3n) is 3.88. The second-order valence-electron chi connectivity index (χ2n) is 5.58. The number of aromatic nitrogens is 3. The van der Waals surface area contributed by atoms with Crippen LogP contribution in [0.15, 0.2) is 48.8 Å². The number of rotatable bonds is 7. The molecule has 0 atom stereocenters. The fourth-order valence-corrected chi connectivity index (χ4v) is 2.74. The molecule has 0 radical (unpaired) electrons. The number of nitrogens with two attached hydrogens (primary N) is 1. The van der Waals surface area contributed by atoms with Crippen LogP contribution in [0.1, 0.15) is 22.8 Å². The number of pyridine rings is 1. The van der Waals surface area contributed by atoms with E-state index in [4.69, 9.17) is 17.3 Å². The van der Waals surface area contributed by atoms with Crippen molar-refractivity contribution in [1.82, 2.24) is 14.8 Å². The maximum absolute atomic E-state index is 11.5. The van der Waals surface area contributed by atoms with Crippen LogP contribution in [0.5, 0.6) is 0 Å². The number of halogens is 1. The van der Waals surface area contributed by atoms with E-state index in [9.17, 15) is 4.79 Å². The van der Waals surface area contributed by atoms with Crippen LogP contribution < -0.4 is 16.4 Å². The van der Waals surface area contributed by atoms with E-state index in [-0.39, 0.29) is 0 Å². The lowest BCUT2D eigenvalue weighted by Crippen LogP contribution is -2.15. The summed E-state index contributed by atoms with van der Waals surface area (Å²) in [7, 11) is 0. The third-order valence-corrected chi connectivity index (χ3v) is 4.18. The molecular weight excluding hydrogens is 352 g/mol. The van der Waals surface area contributed by atoms with Gasteiger partial charge in [-0.15, -0.1) is 0 Å². The molecule has 2 heterocycles. The zero-order chi connectivity index (χ0) is 18.5. The second-order valence-corrected chi connectivity index (χ2v) is 5.99. The molecule has 1 aromatic carbocycles. The van der Waals surface area contributed by atoms with Gasteiger partial charge in [0.1, 0.15) is 11.6 Å². The highest BCUT2D eigenvalue weighted by Crippen LogP contribution is 2.26. The van der Waals surface area contributed by atoms with Gasteiger partial charge < -0.3 is 16.4 Å². The predicted molar refractivity (Wildman–Crippen MR) is 103 cm³/mol. The molecule has 0 saturated heterocycles. The number of hydrogen-bond acceptors (Lipinski definition) is 5. The topological polar surface area (TPSA) is 97.9 Å². The minimum atomic E-state index is -0.460. The molecule has 4 N–H and O–H groups in total. The summed E-state index contributed by atoms with van der Waals surface area (Å²) in [6.07, 6.45) is 3.29. The second kappa shape index (κ2) is 7.88. The molecule has 0 aliphatic heterocycles. The van der Waals surface area contributed by atoms with Crippen molar-refractivity contribution >= 4 is 34.8 Å². The molecule has 0 aliphatic carbocycles. The lowest BCUT2D eigenvalue weighted by molar-refractivity contribution is 0.0999. The van der Waals surface area contributed by atoms with Gasteiger partial charge in [-0.3, -0.25) is 4.79 Å². The number of nitrogens with one attached hydrogen (secondary N) is 2. The highest BCUT2D eigenvalue weighted by atomic mass is 35.5. The highest BCUT2D eigenvalue weighted by Gasteiger charge is 2.09. The summed E-state index contributed by atoms with van der Waals surface area (Å²) in [4.78, 5) is 15.8. The monoisotopic (exact) mass is 370 g/mol. The van der Waals surface area contributed by atoms with Gasteiger partial charge in [-0.2, -0.15) is 5.10 Å². The molecular formula is C18H19ClN6O. The number of nitrogens with zero attached hydrogens (tertiary/aromatic N) is 3. The Balaban J connectivity index is 1.77. The van der Waals surface area contributed by atoms with Crippen LogP contribution in [-0.4, -0.2) is 20.7 Å². The summed E-state index contributed by atoms with van der Waals surface area (Å²) in [5.41, 5.74) is 7.40. The Bertz CT molecular complexity index is 924. The van der Waals surface area contributed by atoms with Crippen LogP contribution in [0.25, 0.3) is 0 Å². The maximum Gasteiger partial charge on any atom is 0.249 e. The van der Waals surface area contributed by atoms with Gasteiger partial charge in [0.2, 0.25) is 5.91 Å². The van der Waals surface area contributed by atoms with Gasteiger partial charge in [0, 0.05) is 30.8 Å². The van der Waals surface area contributed by atoms with Crippen molar-refractivity contribution in [3.63, 3.8) is 0 Å². The predicted octanol–water partition coefficient (Wildman–Crippen LogP) is 3.41. The fraction of sp³-hybridized carbons (Fsp3) is 0.167. The summed E-state index contributed by atoms with van der Waals surface area (Å²) in [5, 5.41) is 11.1. The van der Waals surface area contributed by atoms with E-state index in [2.05, 4.69) is 20.7 Å². The van der Waals surface area contributed by atoms with Gasteiger partial charge in [0.25, 0.3) is 0 Å². The van der Waals surface area contributed by atoms with Crippen LogP contribution >= 0.6 is 11.6 Å². The number of benzene rings is 1. The first-order chi connectivity index (χ1) is 12.6. The van der Waals surface area contributed by atoms with Gasteiger partial charge in [0.15, 0.2) is 0 Å². The third kappa shape index (κ3) is 3.94. The molecule has 2 aromatic heterocycles. The summed E-state index contributed by atoms with van der Waals surface area (Å²) in [5.74, 6) is 1.01. The van der Waals surface area contributed by atoms with Crippen molar-refractivity contribution in [2.45, 2.75) is 20.0 Å². The molecule has 0 unspecified atom stereocenters. The molecule has 8 heteroatoms. The quantitative estimate of drug-likeness (QED) is 0.592. The molecule has 0 fully saturated rings. The maximum atomic E-state index is 11.5.